The Balaban J connectivity index is 1.63. The van der Waals surface area contributed by atoms with Crippen LogP contribution in [0, 0.1) is 0 Å². The van der Waals surface area contributed by atoms with E-state index < -0.39 is 12.2 Å². The van der Waals surface area contributed by atoms with E-state index in [0.717, 1.165) is 18.4 Å². The highest BCUT2D eigenvalue weighted by Gasteiger charge is 2.49. The Hall–Kier alpha value is -3.30. The smallest absolute Gasteiger partial charge is 0.387 e. The molecule has 2 aromatic carbocycles. The second-order valence-corrected chi connectivity index (χ2v) is 8.23. The number of carbonyl (C=O) groups is 1. The van der Waals surface area contributed by atoms with Gasteiger partial charge in [0.25, 0.3) is 5.91 Å². The Kier molecular flexibility index (Phi) is 6.95. The molecule has 180 valence electrons. The van der Waals surface area contributed by atoms with Crippen LogP contribution in [-0.2, 0) is 20.1 Å². The minimum atomic E-state index is -2.93. The molecule has 1 atom stereocenters. The molecular formula is C25H27F2N3O4. The van der Waals surface area contributed by atoms with Gasteiger partial charge in [-0.2, -0.15) is 8.78 Å². The molecule has 7 nitrogen and oxygen atoms in total. The van der Waals surface area contributed by atoms with Gasteiger partial charge in [0.05, 0.1) is 6.61 Å². The summed E-state index contributed by atoms with van der Waals surface area (Å²) in [5.41, 5.74) is 8.21. The number of halogens is 2. The molecule has 2 aromatic rings. The van der Waals surface area contributed by atoms with E-state index in [1.807, 2.05) is 37.3 Å². The predicted molar refractivity (Wildman–Crippen MR) is 122 cm³/mol. The molecule has 4 rings (SSSR count). The summed E-state index contributed by atoms with van der Waals surface area (Å²) in [4.78, 5) is 29.2. The van der Waals surface area contributed by atoms with Crippen LogP contribution in [-0.4, -0.2) is 43.6 Å². The largest absolute Gasteiger partial charge is 0.435 e. The Morgan fingerprint density at radius 1 is 1.18 bits per heavy atom. The van der Waals surface area contributed by atoms with Crippen molar-refractivity contribution in [3.05, 3.63) is 76.9 Å². The first-order valence-corrected chi connectivity index (χ1v) is 11.1. The van der Waals surface area contributed by atoms with E-state index in [9.17, 15) is 13.6 Å². The molecule has 2 N–H and O–H groups in total. The van der Waals surface area contributed by atoms with E-state index in [0.29, 0.717) is 30.3 Å². The lowest BCUT2D eigenvalue weighted by atomic mass is 9.74. The Morgan fingerprint density at radius 3 is 2.53 bits per heavy atom. The number of rotatable bonds is 9. The van der Waals surface area contributed by atoms with Crippen LogP contribution >= 0.6 is 0 Å². The molecule has 1 aliphatic heterocycles. The molecule has 0 spiro atoms. The number of likely N-dealkylation sites (N-methyl/N-ethyl adjacent to an activating group) is 1. The van der Waals surface area contributed by atoms with Crippen molar-refractivity contribution in [3.63, 3.8) is 0 Å². The number of alkyl halides is 2. The predicted octanol–water partition coefficient (Wildman–Crippen LogP) is 4.09. The average Bonchev–Trinajstić information content (AvgIpc) is 3.03. The fraction of sp³-hybridized carbons (Fsp3) is 0.360. The van der Waals surface area contributed by atoms with Crippen LogP contribution in [0.2, 0.25) is 0 Å². The van der Waals surface area contributed by atoms with Crippen LogP contribution in [0.3, 0.4) is 0 Å². The van der Waals surface area contributed by atoms with Crippen molar-refractivity contribution in [2.45, 2.75) is 37.8 Å². The molecule has 9 heteroatoms. The number of carbonyl (C=O) groups excluding carboxylic acids is 1. The fourth-order valence-corrected chi connectivity index (χ4v) is 4.34. The van der Waals surface area contributed by atoms with Gasteiger partial charge in [-0.1, -0.05) is 48.0 Å². The van der Waals surface area contributed by atoms with Gasteiger partial charge in [0.15, 0.2) is 11.5 Å². The number of guanidine groups is 1. The molecule has 0 saturated heterocycles. The normalized spacial score (nSPS) is 22.1. The minimum Gasteiger partial charge on any atom is -0.435 e. The maximum Gasteiger partial charge on any atom is 0.387 e. The standard InChI is InChI=1S/C25H27F2N3O4/c1-3-32-33-12-11-16-13-18(14-16)17-5-4-6-20(15-17)25(22(31)30(2)24(28)29-25)19-7-9-21(10-8-19)34-23(26)27/h4-11,15,18,23H,3,12-14H2,1-2H3,(H2,28,29). The second-order valence-electron chi connectivity index (χ2n) is 8.23. The van der Waals surface area contributed by atoms with Crippen LogP contribution in [0.25, 0.3) is 0 Å². The number of nitrogens with two attached hydrogens (primary N) is 1. The van der Waals surface area contributed by atoms with E-state index >= 15 is 0 Å². The number of aliphatic imine (C=N–C) groups is 1. The molecule has 1 amide bonds. The van der Waals surface area contributed by atoms with Crippen LogP contribution in [0.4, 0.5) is 8.78 Å². The lowest BCUT2D eigenvalue weighted by Gasteiger charge is -2.32. The van der Waals surface area contributed by atoms with E-state index in [1.54, 1.807) is 19.2 Å². The number of ether oxygens (including phenoxy) is 1. The zero-order valence-corrected chi connectivity index (χ0v) is 19.0. The number of benzene rings is 2. The topological polar surface area (TPSA) is 86.4 Å². The SMILES string of the molecule is CCOOCC=C1CC(c2cccc(C3(c4ccc(OC(F)F)cc4)N=C(N)N(C)C3=O)c2)C1. The third-order valence-electron chi connectivity index (χ3n) is 6.17. The summed E-state index contributed by atoms with van der Waals surface area (Å²) in [6, 6.07) is 13.7. The monoisotopic (exact) mass is 471 g/mol. The van der Waals surface area contributed by atoms with Crippen molar-refractivity contribution >= 4 is 11.9 Å². The van der Waals surface area contributed by atoms with E-state index in [4.69, 9.17) is 15.5 Å². The number of nitrogens with zero attached hydrogens (tertiary/aromatic N) is 2. The highest BCUT2D eigenvalue weighted by molar-refractivity contribution is 6.08. The maximum atomic E-state index is 13.4. The highest BCUT2D eigenvalue weighted by atomic mass is 19.3. The number of hydrogen-bond acceptors (Lipinski definition) is 6. The van der Waals surface area contributed by atoms with Crippen LogP contribution in [0.15, 0.2) is 65.2 Å². The Morgan fingerprint density at radius 2 is 1.91 bits per heavy atom. The molecule has 2 aliphatic rings. The van der Waals surface area contributed by atoms with E-state index in [2.05, 4.69) is 9.73 Å². The van der Waals surface area contributed by atoms with Crippen molar-refractivity contribution in [2.75, 3.05) is 20.3 Å². The van der Waals surface area contributed by atoms with Gasteiger partial charge < -0.3 is 10.5 Å². The molecule has 1 heterocycles. The van der Waals surface area contributed by atoms with Crippen molar-refractivity contribution in [3.8, 4) is 5.75 Å². The third kappa shape index (κ3) is 4.53. The minimum absolute atomic E-state index is 0.000466. The van der Waals surface area contributed by atoms with Crippen LogP contribution < -0.4 is 10.5 Å². The first kappa shape index (κ1) is 23.8. The first-order valence-electron chi connectivity index (χ1n) is 11.1. The molecule has 1 aliphatic carbocycles. The van der Waals surface area contributed by atoms with Crippen molar-refractivity contribution < 1.29 is 28.1 Å². The molecule has 1 unspecified atom stereocenters. The molecule has 34 heavy (non-hydrogen) atoms. The summed E-state index contributed by atoms with van der Waals surface area (Å²) in [6.07, 6.45) is 3.82. The molecule has 1 fully saturated rings. The average molecular weight is 472 g/mol. The quantitative estimate of drug-likeness (QED) is 0.258. The molecular weight excluding hydrogens is 444 g/mol. The Labute approximate surface area is 196 Å². The lowest BCUT2D eigenvalue weighted by Crippen LogP contribution is -2.41. The van der Waals surface area contributed by atoms with Gasteiger partial charge in [0.1, 0.15) is 12.4 Å². The summed E-state index contributed by atoms with van der Waals surface area (Å²) in [5, 5.41) is 0. The van der Waals surface area contributed by atoms with Gasteiger partial charge in [0.2, 0.25) is 0 Å². The number of allylic oxidation sites excluding steroid dienone is 1. The van der Waals surface area contributed by atoms with E-state index in [1.165, 1.54) is 22.6 Å². The van der Waals surface area contributed by atoms with Gasteiger partial charge in [-0.05, 0) is 54.5 Å². The molecule has 1 saturated carbocycles. The van der Waals surface area contributed by atoms with Crippen molar-refractivity contribution in [1.29, 1.82) is 0 Å². The van der Waals surface area contributed by atoms with Gasteiger partial charge >= 0.3 is 6.61 Å². The zero-order valence-electron chi connectivity index (χ0n) is 19.0. The number of hydrogen-bond donors (Lipinski definition) is 1. The van der Waals surface area contributed by atoms with Gasteiger partial charge in [-0.3, -0.25) is 9.69 Å². The lowest BCUT2D eigenvalue weighted by molar-refractivity contribution is -0.282. The maximum absolute atomic E-state index is 13.4. The molecule has 0 bridgehead atoms. The van der Waals surface area contributed by atoms with Gasteiger partial charge in [-0.15, -0.1) is 0 Å². The van der Waals surface area contributed by atoms with E-state index in [-0.39, 0.29) is 17.6 Å². The number of amides is 1. The first-order chi connectivity index (χ1) is 16.3. The summed E-state index contributed by atoms with van der Waals surface area (Å²) in [7, 11) is 1.56. The summed E-state index contributed by atoms with van der Waals surface area (Å²) >= 11 is 0. The highest BCUT2D eigenvalue weighted by Crippen LogP contribution is 2.44. The third-order valence-corrected chi connectivity index (χ3v) is 6.17. The molecule has 0 radical (unpaired) electrons. The van der Waals surface area contributed by atoms with Crippen molar-refractivity contribution in [1.82, 2.24) is 4.90 Å². The van der Waals surface area contributed by atoms with Gasteiger partial charge in [0, 0.05) is 7.05 Å². The summed E-state index contributed by atoms with van der Waals surface area (Å²) < 4.78 is 29.6. The zero-order chi connectivity index (χ0) is 24.3. The van der Waals surface area contributed by atoms with Gasteiger partial charge in [-0.25, -0.2) is 14.8 Å². The summed E-state index contributed by atoms with van der Waals surface area (Å²) in [5.74, 6) is 0.0895. The summed E-state index contributed by atoms with van der Waals surface area (Å²) in [6.45, 7) is -0.151. The van der Waals surface area contributed by atoms with Crippen LogP contribution in [0.1, 0.15) is 42.4 Å². The molecule has 0 aromatic heterocycles. The second kappa shape index (κ2) is 9.90. The van der Waals surface area contributed by atoms with Crippen molar-refractivity contribution in [2.24, 2.45) is 10.7 Å². The fourth-order valence-electron chi connectivity index (χ4n) is 4.34. The Bertz CT molecular complexity index is 1100. The van der Waals surface area contributed by atoms with Crippen LogP contribution in [0.5, 0.6) is 5.75 Å².